The zero-order valence-corrected chi connectivity index (χ0v) is 13.2. The zero-order chi connectivity index (χ0) is 18.2. The van der Waals surface area contributed by atoms with E-state index in [4.69, 9.17) is 14.6 Å². The van der Waals surface area contributed by atoms with Crippen LogP contribution in [0, 0.1) is 11.6 Å². The molecule has 1 heterocycles. The molecule has 0 radical (unpaired) electrons. The Morgan fingerprint density at radius 3 is 2.64 bits per heavy atom. The predicted molar refractivity (Wildman–Crippen MR) is 85.0 cm³/mol. The number of ketones is 1. The number of ether oxygens (including phenoxy) is 2. The summed E-state index contributed by atoms with van der Waals surface area (Å²) in [6.07, 6.45) is 0.301. The summed E-state index contributed by atoms with van der Waals surface area (Å²) in [6.45, 7) is 0.411. The van der Waals surface area contributed by atoms with Crippen LogP contribution in [0.25, 0.3) is 0 Å². The molecule has 1 N–H and O–H groups in total. The van der Waals surface area contributed by atoms with E-state index in [0.717, 1.165) is 0 Å². The Morgan fingerprint density at radius 2 is 1.92 bits per heavy atom. The predicted octanol–water partition coefficient (Wildman–Crippen LogP) is 3.47. The lowest BCUT2D eigenvalue weighted by Crippen LogP contribution is -2.15. The van der Waals surface area contributed by atoms with Gasteiger partial charge in [0.25, 0.3) is 0 Å². The minimum absolute atomic E-state index is 0.0243. The second kappa shape index (κ2) is 8.77. The fraction of sp³-hybridized carbons (Fsp3) is 0.222. The third-order valence-corrected chi connectivity index (χ3v) is 3.21. The highest BCUT2D eigenvalue weighted by Gasteiger charge is 2.18. The van der Waals surface area contributed by atoms with Crippen molar-refractivity contribution in [2.24, 2.45) is 0 Å². The van der Waals surface area contributed by atoms with Gasteiger partial charge in [-0.2, -0.15) is 0 Å². The average molecular weight is 350 g/mol. The molecule has 0 amide bonds. The van der Waals surface area contributed by atoms with E-state index < -0.39 is 11.8 Å². The summed E-state index contributed by atoms with van der Waals surface area (Å²) in [5.74, 6) is -0.962. The number of aliphatic carboxylic acids is 1. The maximum atomic E-state index is 12.6. The van der Waals surface area contributed by atoms with Crippen LogP contribution < -0.4 is 9.47 Å². The highest BCUT2D eigenvalue weighted by atomic mass is 19.1. The Labute approximate surface area is 142 Å². The molecule has 5 nitrogen and oxygen atoms in total. The number of hydrogen-bond acceptors (Lipinski definition) is 4. The maximum absolute atomic E-state index is 12.6. The van der Waals surface area contributed by atoms with Gasteiger partial charge in [-0.3, -0.25) is 9.59 Å². The third kappa shape index (κ3) is 5.87. The Bertz CT molecular complexity index is 761. The van der Waals surface area contributed by atoms with Gasteiger partial charge >= 0.3 is 5.97 Å². The fourth-order valence-corrected chi connectivity index (χ4v) is 2.05. The van der Waals surface area contributed by atoms with Gasteiger partial charge in [-0.05, 0) is 24.3 Å². The molecule has 0 unspecified atom stereocenters. The summed E-state index contributed by atoms with van der Waals surface area (Å²) in [5.41, 5.74) is 0.489. The molecule has 0 atom stereocenters. The first-order chi connectivity index (χ1) is 12.0. The Kier molecular flexibility index (Phi) is 6.45. The van der Waals surface area contributed by atoms with Crippen molar-refractivity contribution in [2.75, 3.05) is 13.2 Å². The average Bonchev–Trinajstić information content (AvgIpc) is 2.55. The molecule has 25 heavy (non-hydrogen) atoms. The molecule has 0 saturated carbocycles. The largest absolute Gasteiger partial charge is 0.493 e. The van der Waals surface area contributed by atoms with Crippen LogP contribution in [0.15, 0.2) is 42.5 Å². The molecule has 0 fully saturated rings. The fourth-order valence-electron chi connectivity index (χ4n) is 2.05. The van der Waals surface area contributed by atoms with Crippen LogP contribution >= 0.6 is 0 Å². The minimum Gasteiger partial charge on any atom is -0.493 e. The summed E-state index contributed by atoms with van der Waals surface area (Å²) in [7, 11) is 0. The van der Waals surface area contributed by atoms with E-state index in [9.17, 15) is 18.4 Å². The summed E-state index contributed by atoms with van der Waals surface area (Å²) < 4.78 is 35.3. The van der Waals surface area contributed by atoms with E-state index in [2.05, 4.69) is 0 Å². The van der Waals surface area contributed by atoms with Crippen LogP contribution in [0.1, 0.15) is 23.2 Å². The van der Waals surface area contributed by atoms with E-state index in [1.165, 1.54) is 36.4 Å². The Hall–Kier alpha value is -2.96. The first-order valence-electron chi connectivity index (χ1n) is 7.51. The minimum atomic E-state index is -0.934. The quantitative estimate of drug-likeness (QED) is 0.914. The molecule has 1 aliphatic rings. The Morgan fingerprint density at radius 1 is 1.16 bits per heavy atom. The van der Waals surface area contributed by atoms with Crippen LogP contribution in [0.5, 0.6) is 11.5 Å². The molecular weight excluding hydrogens is 334 g/mol. The van der Waals surface area contributed by atoms with Crippen molar-refractivity contribution < 1.29 is 33.0 Å². The molecule has 3 rings (SSSR count). The van der Waals surface area contributed by atoms with Crippen molar-refractivity contribution in [3.05, 3.63) is 59.7 Å². The smallest absolute Gasteiger partial charge is 0.306 e. The number of fused-ring (bicyclic) bond motifs is 1. The lowest BCUT2D eigenvalue weighted by atomic mass is 10.1. The van der Waals surface area contributed by atoms with Gasteiger partial charge in [-0.1, -0.05) is 6.07 Å². The molecule has 0 aromatic heterocycles. The van der Waals surface area contributed by atoms with Gasteiger partial charge in [-0.15, -0.1) is 0 Å². The molecule has 132 valence electrons. The van der Waals surface area contributed by atoms with Gasteiger partial charge in [0, 0.05) is 18.6 Å². The number of carbonyl (C=O) groups is 2. The highest BCUT2D eigenvalue weighted by molar-refractivity contribution is 5.99. The second-order valence-electron chi connectivity index (χ2n) is 5.11. The van der Waals surface area contributed by atoms with Crippen molar-refractivity contribution in [2.45, 2.75) is 12.8 Å². The summed E-state index contributed by atoms with van der Waals surface area (Å²) in [4.78, 5) is 21.3. The molecule has 0 aliphatic carbocycles. The lowest BCUT2D eigenvalue weighted by molar-refractivity contribution is -0.137. The van der Waals surface area contributed by atoms with Crippen LogP contribution in [0.3, 0.4) is 0 Å². The molecule has 7 heteroatoms. The van der Waals surface area contributed by atoms with Crippen LogP contribution in [-0.2, 0) is 4.79 Å². The summed E-state index contributed by atoms with van der Waals surface area (Å²) in [5, 5.41) is 8.29. The van der Waals surface area contributed by atoms with Gasteiger partial charge in [0.1, 0.15) is 23.1 Å². The number of Topliss-reactive ketones (excluding diaryl/α,β-unsaturated/α-hetero) is 1. The first-order valence-corrected chi connectivity index (χ1v) is 7.51. The number of rotatable bonds is 4. The van der Waals surface area contributed by atoms with Crippen molar-refractivity contribution in [3.8, 4) is 11.5 Å². The molecule has 2 aromatic rings. The molecule has 2 aromatic carbocycles. The van der Waals surface area contributed by atoms with E-state index in [0.29, 0.717) is 30.1 Å². The van der Waals surface area contributed by atoms with Crippen molar-refractivity contribution in [3.63, 3.8) is 0 Å². The maximum Gasteiger partial charge on any atom is 0.306 e. The van der Waals surface area contributed by atoms with Crippen LogP contribution in [-0.4, -0.2) is 30.1 Å². The summed E-state index contributed by atoms with van der Waals surface area (Å²) in [6, 6.07) is 9.56. The summed E-state index contributed by atoms with van der Waals surface area (Å²) >= 11 is 0. The highest BCUT2D eigenvalue weighted by Crippen LogP contribution is 2.24. The lowest BCUT2D eigenvalue weighted by Gasteiger charge is -2.15. The van der Waals surface area contributed by atoms with Crippen LogP contribution in [0.2, 0.25) is 0 Å². The zero-order valence-electron chi connectivity index (χ0n) is 13.2. The van der Waals surface area contributed by atoms with Gasteiger partial charge in [0.15, 0.2) is 5.78 Å². The van der Waals surface area contributed by atoms with Crippen molar-refractivity contribution in [1.29, 1.82) is 0 Å². The number of carbonyl (C=O) groups excluding carboxylic acids is 1. The van der Waals surface area contributed by atoms with E-state index >= 15 is 0 Å². The number of halogens is 2. The van der Waals surface area contributed by atoms with E-state index in [-0.39, 0.29) is 24.6 Å². The Balaban J connectivity index is 0.000000181. The van der Waals surface area contributed by atoms with E-state index in [1.807, 2.05) is 0 Å². The monoisotopic (exact) mass is 350 g/mol. The van der Waals surface area contributed by atoms with Gasteiger partial charge in [0.2, 0.25) is 0 Å². The van der Waals surface area contributed by atoms with Gasteiger partial charge < -0.3 is 14.6 Å². The topological polar surface area (TPSA) is 72.8 Å². The molecular formula is C18H16F2O5. The normalized spacial score (nSPS) is 12.3. The molecule has 1 aliphatic heterocycles. The first kappa shape index (κ1) is 18.4. The number of hydrogen-bond donors (Lipinski definition) is 1. The number of carboxylic acids is 1. The van der Waals surface area contributed by atoms with Crippen molar-refractivity contribution >= 4 is 11.8 Å². The molecule has 0 saturated heterocycles. The molecule has 0 spiro atoms. The van der Waals surface area contributed by atoms with Gasteiger partial charge in [-0.25, -0.2) is 8.78 Å². The van der Waals surface area contributed by atoms with Crippen LogP contribution in [0.4, 0.5) is 8.78 Å². The van der Waals surface area contributed by atoms with Gasteiger partial charge in [0.05, 0.1) is 25.2 Å². The second-order valence-corrected chi connectivity index (χ2v) is 5.11. The SMILES string of the molecule is O=C(O)CCOc1cccc(F)c1.O=C1CCOc2cc(F)ccc21. The van der Waals surface area contributed by atoms with Crippen molar-refractivity contribution in [1.82, 2.24) is 0 Å². The number of carboxylic acid groups (broad SMARTS) is 1. The standard InChI is InChI=1S/C9H9FO3.C9H7FO2/c10-7-2-1-3-8(6-7)13-5-4-9(11)12;10-6-1-2-7-8(11)3-4-12-9(7)5-6/h1-3,6H,4-5H2,(H,11,12);1-2,5H,3-4H2. The molecule has 0 bridgehead atoms. The van der Waals surface area contributed by atoms with E-state index in [1.54, 1.807) is 6.07 Å². The third-order valence-electron chi connectivity index (χ3n) is 3.21. The number of benzene rings is 2.